The first-order valence-electron chi connectivity index (χ1n) is 7.23. The lowest BCUT2D eigenvalue weighted by Crippen LogP contribution is -2.24. The fourth-order valence-electron chi connectivity index (χ4n) is 1.86. The minimum absolute atomic E-state index is 0.181. The first-order valence-corrected chi connectivity index (χ1v) is 7.23. The second-order valence-electron chi connectivity index (χ2n) is 6.18. The summed E-state index contributed by atoms with van der Waals surface area (Å²) in [6.45, 7) is 5.18. The van der Waals surface area contributed by atoms with Crippen LogP contribution in [0, 0.1) is 0 Å². The standard InChI is InChI=1S/C16H16F3N3O3/c1-15(2,3)25-13(24)9-5-4-6-10(7-9)21-14-20-8-11(12(23)22-14)16(17,18)19/h4-8H,1-3H3,(H2,20,21,22,23). The van der Waals surface area contributed by atoms with Crippen molar-refractivity contribution in [2.75, 3.05) is 5.32 Å². The number of aromatic nitrogens is 2. The van der Waals surface area contributed by atoms with Crippen LogP contribution in [0.3, 0.4) is 0 Å². The van der Waals surface area contributed by atoms with E-state index in [9.17, 15) is 22.8 Å². The molecule has 0 atom stereocenters. The molecule has 0 amide bonds. The summed E-state index contributed by atoms with van der Waals surface area (Å²) < 4.78 is 42.9. The highest BCUT2D eigenvalue weighted by Crippen LogP contribution is 2.26. The molecule has 2 N–H and O–H groups in total. The van der Waals surface area contributed by atoms with E-state index in [0.29, 0.717) is 11.9 Å². The summed E-state index contributed by atoms with van der Waals surface area (Å²) in [4.78, 5) is 29.0. The molecular weight excluding hydrogens is 339 g/mol. The molecule has 0 spiro atoms. The number of hydrogen-bond acceptors (Lipinski definition) is 5. The molecule has 1 aromatic heterocycles. The Bertz CT molecular complexity index is 839. The number of carbonyl (C=O) groups is 1. The van der Waals surface area contributed by atoms with Crippen molar-refractivity contribution in [3.63, 3.8) is 0 Å². The molecule has 9 heteroatoms. The Kier molecular flexibility index (Phi) is 4.87. The maximum Gasteiger partial charge on any atom is 0.423 e. The van der Waals surface area contributed by atoms with Crippen molar-refractivity contribution >= 4 is 17.6 Å². The summed E-state index contributed by atoms with van der Waals surface area (Å²) in [6.07, 6.45) is -4.34. The number of aromatic amines is 1. The molecule has 1 heterocycles. The molecule has 6 nitrogen and oxygen atoms in total. The van der Waals surface area contributed by atoms with Crippen molar-refractivity contribution in [3.05, 3.63) is 51.9 Å². The lowest BCUT2D eigenvalue weighted by Gasteiger charge is -2.19. The second kappa shape index (κ2) is 6.58. The summed E-state index contributed by atoms with van der Waals surface area (Å²) in [5.74, 6) is -0.732. The fourth-order valence-corrected chi connectivity index (χ4v) is 1.86. The van der Waals surface area contributed by atoms with E-state index in [1.165, 1.54) is 12.1 Å². The van der Waals surface area contributed by atoms with Gasteiger partial charge in [0.2, 0.25) is 5.95 Å². The number of hydrogen-bond donors (Lipinski definition) is 2. The molecule has 0 saturated carbocycles. The van der Waals surface area contributed by atoms with Gasteiger partial charge < -0.3 is 10.1 Å². The molecule has 134 valence electrons. The normalized spacial score (nSPS) is 11.9. The number of nitrogens with one attached hydrogen (secondary N) is 2. The van der Waals surface area contributed by atoms with Crippen LogP contribution < -0.4 is 10.9 Å². The van der Waals surface area contributed by atoms with Gasteiger partial charge in [-0.2, -0.15) is 13.2 Å². The first kappa shape index (κ1) is 18.5. The van der Waals surface area contributed by atoms with Crippen LogP contribution in [0.4, 0.5) is 24.8 Å². The van der Waals surface area contributed by atoms with E-state index in [2.05, 4.69) is 10.3 Å². The average Bonchev–Trinajstić information content (AvgIpc) is 2.44. The zero-order valence-electron chi connectivity index (χ0n) is 13.7. The van der Waals surface area contributed by atoms with Gasteiger partial charge in [-0.3, -0.25) is 9.78 Å². The average molecular weight is 355 g/mol. The number of halogens is 3. The quantitative estimate of drug-likeness (QED) is 0.824. The largest absolute Gasteiger partial charge is 0.456 e. The maximum atomic E-state index is 12.6. The number of nitrogens with zero attached hydrogens (tertiary/aromatic N) is 1. The van der Waals surface area contributed by atoms with Gasteiger partial charge in [-0.15, -0.1) is 0 Å². The van der Waals surface area contributed by atoms with Crippen LogP contribution in [0.25, 0.3) is 0 Å². The highest BCUT2D eigenvalue weighted by atomic mass is 19.4. The molecule has 2 aromatic rings. The summed E-state index contributed by atoms with van der Waals surface area (Å²) in [5.41, 5.74) is -2.77. The Labute approximate surface area is 141 Å². The SMILES string of the molecule is CC(C)(C)OC(=O)c1cccc(Nc2ncc(C(F)(F)F)c(=O)[nH]2)c1. The number of benzene rings is 1. The predicted octanol–water partition coefficient (Wildman–Crippen LogP) is 3.49. The van der Waals surface area contributed by atoms with Crippen molar-refractivity contribution in [1.29, 1.82) is 0 Å². The Morgan fingerprint density at radius 2 is 1.92 bits per heavy atom. The molecule has 0 saturated heterocycles. The molecule has 0 unspecified atom stereocenters. The van der Waals surface area contributed by atoms with Gasteiger partial charge in [0.25, 0.3) is 5.56 Å². The minimum atomic E-state index is -4.78. The number of ether oxygens (including phenoxy) is 1. The van der Waals surface area contributed by atoms with Gasteiger partial charge in [0.1, 0.15) is 11.2 Å². The zero-order chi connectivity index (χ0) is 18.8. The Morgan fingerprint density at radius 1 is 1.24 bits per heavy atom. The van der Waals surface area contributed by atoms with Crippen LogP contribution in [0.15, 0.2) is 35.3 Å². The van der Waals surface area contributed by atoms with Crippen LogP contribution in [0.5, 0.6) is 0 Å². The second-order valence-corrected chi connectivity index (χ2v) is 6.18. The van der Waals surface area contributed by atoms with Gasteiger partial charge in [-0.05, 0) is 39.0 Å². The van der Waals surface area contributed by atoms with E-state index in [-0.39, 0.29) is 11.5 Å². The Balaban J connectivity index is 2.22. The fraction of sp³-hybridized carbons (Fsp3) is 0.312. The van der Waals surface area contributed by atoms with Gasteiger partial charge in [0.15, 0.2) is 0 Å². The molecule has 1 aromatic carbocycles. The molecule has 0 fully saturated rings. The smallest absolute Gasteiger partial charge is 0.423 e. The Morgan fingerprint density at radius 3 is 2.48 bits per heavy atom. The highest BCUT2D eigenvalue weighted by Gasteiger charge is 2.34. The number of anilines is 2. The Hall–Kier alpha value is -2.84. The van der Waals surface area contributed by atoms with Gasteiger partial charge in [-0.1, -0.05) is 6.07 Å². The van der Waals surface area contributed by atoms with E-state index in [0.717, 1.165) is 0 Å². The first-order chi connectivity index (χ1) is 11.5. The number of H-pyrrole nitrogens is 1. The summed E-state index contributed by atoms with van der Waals surface area (Å²) in [6, 6.07) is 6.09. The zero-order valence-corrected chi connectivity index (χ0v) is 13.7. The molecule has 2 rings (SSSR count). The maximum absolute atomic E-state index is 12.6. The molecule has 0 aliphatic rings. The van der Waals surface area contributed by atoms with Crippen LogP contribution in [0.1, 0.15) is 36.7 Å². The molecule has 0 bridgehead atoms. The third-order valence-electron chi connectivity index (χ3n) is 2.86. The summed E-state index contributed by atoms with van der Waals surface area (Å²) in [5, 5.41) is 2.64. The number of alkyl halides is 3. The van der Waals surface area contributed by atoms with Gasteiger partial charge in [-0.25, -0.2) is 9.78 Å². The molecule has 0 radical (unpaired) electrons. The third-order valence-corrected chi connectivity index (χ3v) is 2.86. The summed E-state index contributed by atoms with van der Waals surface area (Å²) in [7, 11) is 0. The van der Waals surface area contributed by atoms with Crippen LogP contribution in [-0.4, -0.2) is 21.5 Å². The van der Waals surface area contributed by atoms with Gasteiger partial charge in [0.05, 0.1) is 5.56 Å². The van der Waals surface area contributed by atoms with Crippen LogP contribution in [-0.2, 0) is 10.9 Å². The molecule has 0 aliphatic carbocycles. The summed E-state index contributed by atoms with van der Waals surface area (Å²) >= 11 is 0. The number of esters is 1. The van der Waals surface area contributed by atoms with Crippen molar-refractivity contribution in [2.45, 2.75) is 32.5 Å². The van der Waals surface area contributed by atoms with E-state index in [1.807, 2.05) is 4.98 Å². The van der Waals surface area contributed by atoms with E-state index >= 15 is 0 Å². The van der Waals surface area contributed by atoms with Crippen molar-refractivity contribution < 1.29 is 22.7 Å². The third kappa shape index (κ3) is 5.07. The van der Waals surface area contributed by atoms with Crippen LogP contribution in [0.2, 0.25) is 0 Å². The minimum Gasteiger partial charge on any atom is -0.456 e. The van der Waals surface area contributed by atoms with Gasteiger partial charge >= 0.3 is 12.1 Å². The molecular formula is C16H16F3N3O3. The number of rotatable bonds is 3. The van der Waals surface area contributed by atoms with Crippen molar-refractivity contribution in [1.82, 2.24) is 9.97 Å². The topological polar surface area (TPSA) is 84.1 Å². The molecule has 25 heavy (non-hydrogen) atoms. The monoisotopic (exact) mass is 355 g/mol. The van der Waals surface area contributed by atoms with E-state index < -0.39 is 28.9 Å². The van der Waals surface area contributed by atoms with Crippen molar-refractivity contribution in [2.24, 2.45) is 0 Å². The predicted molar refractivity (Wildman–Crippen MR) is 84.8 cm³/mol. The highest BCUT2D eigenvalue weighted by molar-refractivity contribution is 5.91. The van der Waals surface area contributed by atoms with Gasteiger partial charge in [0, 0.05) is 11.9 Å². The lowest BCUT2D eigenvalue weighted by atomic mass is 10.1. The lowest BCUT2D eigenvalue weighted by molar-refractivity contribution is -0.138. The van der Waals surface area contributed by atoms with E-state index in [1.54, 1.807) is 32.9 Å². The number of carbonyl (C=O) groups excluding carboxylic acids is 1. The molecule has 0 aliphatic heterocycles. The van der Waals surface area contributed by atoms with E-state index in [4.69, 9.17) is 4.74 Å². The van der Waals surface area contributed by atoms with Crippen molar-refractivity contribution in [3.8, 4) is 0 Å². The van der Waals surface area contributed by atoms with Crippen LogP contribution >= 0.6 is 0 Å².